The van der Waals surface area contributed by atoms with E-state index in [4.69, 9.17) is 18.9 Å². The summed E-state index contributed by atoms with van der Waals surface area (Å²) >= 11 is 0. The van der Waals surface area contributed by atoms with Crippen molar-refractivity contribution in [3.8, 4) is 0 Å². The van der Waals surface area contributed by atoms with Gasteiger partial charge in [0.1, 0.15) is 25.4 Å². The SMILES string of the molecule is CC(=O)OCC(C)OC(=O)NCC1CCCCC1CNC(=O)OC(C)COC(C)=O. The number of rotatable bonds is 10. The van der Waals surface area contributed by atoms with Crippen LogP contribution in [0.25, 0.3) is 0 Å². The first kappa shape index (κ1) is 25.5. The number of nitrogens with one attached hydrogen (secondary N) is 2. The smallest absolute Gasteiger partial charge is 0.407 e. The maximum absolute atomic E-state index is 11.9. The summed E-state index contributed by atoms with van der Waals surface area (Å²) in [5.74, 6) is -0.451. The van der Waals surface area contributed by atoms with E-state index in [1.165, 1.54) is 13.8 Å². The molecule has 1 saturated carbocycles. The van der Waals surface area contributed by atoms with Crippen molar-refractivity contribution < 1.29 is 38.1 Å². The van der Waals surface area contributed by atoms with Crippen molar-refractivity contribution in [2.45, 2.75) is 65.6 Å². The van der Waals surface area contributed by atoms with Crippen LogP contribution in [-0.4, -0.2) is 62.6 Å². The van der Waals surface area contributed by atoms with Gasteiger partial charge in [-0.15, -0.1) is 0 Å². The van der Waals surface area contributed by atoms with Crippen molar-refractivity contribution in [2.75, 3.05) is 26.3 Å². The summed E-state index contributed by atoms with van der Waals surface area (Å²) in [6.45, 7) is 6.76. The molecule has 0 radical (unpaired) electrons. The van der Waals surface area contributed by atoms with Crippen LogP contribution in [0.1, 0.15) is 53.4 Å². The lowest BCUT2D eigenvalue weighted by Gasteiger charge is -2.31. The Kier molecular flexibility index (Phi) is 11.6. The Morgan fingerprint density at radius 1 is 0.767 bits per heavy atom. The quantitative estimate of drug-likeness (QED) is 0.398. The lowest BCUT2D eigenvalue weighted by atomic mass is 9.79. The topological polar surface area (TPSA) is 129 Å². The highest BCUT2D eigenvalue weighted by atomic mass is 16.6. The molecule has 0 saturated heterocycles. The van der Waals surface area contributed by atoms with Crippen LogP contribution in [0, 0.1) is 11.8 Å². The van der Waals surface area contributed by atoms with Gasteiger partial charge in [-0.2, -0.15) is 0 Å². The molecule has 2 amide bonds. The molecule has 0 aromatic carbocycles. The number of esters is 2. The molecule has 0 heterocycles. The van der Waals surface area contributed by atoms with Crippen LogP contribution in [0.4, 0.5) is 9.59 Å². The predicted molar refractivity (Wildman–Crippen MR) is 107 cm³/mol. The van der Waals surface area contributed by atoms with Crippen LogP contribution < -0.4 is 10.6 Å². The number of alkyl carbamates (subject to hydrolysis) is 2. The second-order valence-corrected chi connectivity index (χ2v) is 7.60. The standard InChI is InChI=1S/C20H34N2O8/c1-13(11-27-15(3)23)29-19(25)21-9-17-7-5-6-8-18(17)10-22-20(26)30-14(2)12-28-16(4)24/h13-14,17-18H,5-12H2,1-4H3,(H,21,25)(H,22,26). The molecule has 1 fully saturated rings. The van der Waals surface area contributed by atoms with Crippen LogP contribution in [0.5, 0.6) is 0 Å². The van der Waals surface area contributed by atoms with Crippen molar-refractivity contribution in [3.63, 3.8) is 0 Å². The Morgan fingerprint density at radius 2 is 1.13 bits per heavy atom. The normalized spacial score (nSPS) is 20.3. The largest absolute Gasteiger partial charge is 0.462 e. The number of carbonyl (C=O) groups is 4. The van der Waals surface area contributed by atoms with Gasteiger partial charge in [-0.25, -0.2) is 9.59 Å². The number of hydrogen-bond donors (Lipinski definition) is 2. The zero-order chi connectivity index (χ0) is 22.5. The van der Waals surface area contributed by atoms with Crippen LogP contribution in [0.2, 0.25) is 0 Å². The molecular formula is C20H34N2O8. The van der Waals surface area contributed by atoms with Gasteiger partial charge in [0.25, 0.3) is 0 Å². The van der Waals surface area contributed by atoms with E-state index in [1.807, 2.05) is 0 Å². The van der Waals surface area contributed by atoms with Crippen LogP contribution in [0.3, 0.4) is 0 Å². The first-order valence-corrected chi connectivity index (χ1v) is 10.3. The number of amides is 2. The molecule has 10 nitrogen and oxygen atoms in total. The predicted octanol–water partition coefficient (Wildman–Crippen LogP) is 2.15. The Labute approximate surface area is 177 Å². The number of ether oxygens (including phenoxy) is 4. The fourth-order valence-corrected chi connectivity index (χ4v) is 3.24. The summed E-state index contributed by atoms with van der Waals surface area (Å²) in [5.41, 5.74) is 0. The molecule has 1 aliphatic carbocycles. The Bertz CT molecular complexity index is 533. The summed E-state index contributed by atoms with van der Waals surface area (Å²) < 4.78 is 19.9. The van der Waals surface area contributed by atoms with E-state index >= 15 is 0 Å². The van der Waals surface area contributed by atoms with E-state index in [1.54, 1.807) is 13.8 Å². The highest BCUT2D eigenvalue weighted by Gasteiger charge is 2.26. The molecule has 10 heteroatoms. The van der Waals surface area contributed by atoms with Gasteiger partial charge in [0.15, 0.2) is 0 Å². The summed E-state index contributed by atoms with van der Waals surface area (Å²) in [6.07, 6.45) is 1.79. The van der Waals surface area contributed by atoms with Gasteiger partial charge in [0.05, 0.1) is 0 Å². The molecule has 0 aromatic rings. The first-order valence-electron chi connectivity index (χ1n) is 10.3. The molecule has 1 rings (SSSR count). The minimum Gasteiger partial charge on any atom is -0.462 e. The Hall–Kier alpha value is -2.52. The minimum absolute atomic E-state index is 0.0106. The first-order chi connectivity index (χ1) is 14.2. The zero-order valence-electron chi connectivity index (χ0n) is 18.2. The third-order valence-electron chi connectivity index (χ3n) is 4.74. The fourth-order valence-electron chi connectivity index (χ4n) is 3.24. The van der Waals surface area contributed by atoms with Crippen LogP contribution in [0.15, 0.2) is 0 Å². The lowest BCUT2D eigenvalue weighted by molar-refractivity contribution is -0.144. The summed E-state index contributed by atoms with van der Waals surface area (Å²) in [5, 5.41) is 5.51. The van der Waals surface area contributed by atoms with E-state index < -0.39 is 36.3 Å². The molecule has 30 heavy (non-hydrogen) atoms. The summed E-state index contributed by atoms with van der Waals surface area (Å²) in [6, 6.07) is 0. The maximum atomic E-state index is 11.9. The van der Waals surface area contributed by atoms with Crippen LogP contribution >= 0.6 is 0 Å². The third-order valence-corrected chi connectivity index (χ3v) is 4.74. The zero-order valence-corrected chi connectivity index (χ0v) is 18.2. The van der Waals surface area contributed by atoms with E-state index in [2.05, 4.69) is 10.6 Å². The number of carbonyl (C=O) groups excluding carboxylic acids is 4. The van der Waals surface area contributed by atoms with Gasteiger partial charge < -0.3 is 29.6 Å². The van der Waals surface area contributed by atoms with Crippen molar-refractivity contribution in [1.29, 1.82) is 0 Å². The third kappa shape index (κ3) is 11.5. The fraction of sp³-hybridized carbons (Fsp3) is 0.800. The molecule has 0 aliphatic heterocycles. The number of hydrogen-bond acceptors (Lipinski definition) is 8. The maximum Gasteiger partial charge on any atom is 0.407 e. The van der Waals surface area contributed by atoms with Crippen molar-refractivity contribution in [1.82, 2.24) is 10.6 Å². The van der Waals surface area contributed by atoms with Gasteiger partial charge in [-0.05, 0) is 38.5 Å². The van der Waals surface area contributed by atoms with Crippen LogP contribution in [-0.2, 0) is 28.5 Å². The minimum atomic E-state index is -0.564. The highest BCUT2D eigenvalue weighted by molar-refractivity contribution is 5.68. The molecule has 172 valence electrons. The van der Waals surface area contributed by atoms with E-state index in [-0.39, 0.29) is 25.0 Å². The van der Waals surface area contributed by atoms with Gasteiger partial charge in [0.2, 0.25) is 0 Å². The van der Waals surface area contributed by atoms with Gasteiger partial charge in [0, 0.05) is 26.9 Å². The molecule has 2 N–H and O–H groups in total. The molecule has 0 bridgehead atoms. The van der Waals surface area contributed by atoms with Gasteiger partial charge in [-0.1, -0.05) is 12.8 Å². The molecule has 1 aliphatic rings. The summed E-state index contributed by atoms with van der Waals surface area (Å²) in [7, 11) is 0. The molecular weight excluding hydrogens is 396 g/mol. The molecule has 0 aromatic heterocycles. The Morgan fingerprint density at radius 3 is 1.47 bits per heavy atom. The van der Waals surface area contributed by atoms with Crippen molar-refractivity contribution in [2.24, 2.45) is 11.8 Å². The van der Waals surface area contributed by atoms with E-state index in [9.17, 15) is 19.2 Å². The molecule has 4 unspecified atom stereocenters. The molecule has 4 atom stereocenters. The van der Waals surface area contributed by atoms with Gasteiger partial charge in [-0.3, -0.25) is 9.59 Å². The second-order valence-electron chi connectivity index (χ2n) is 7.60. The van der Waals surface area contributed by atoms with Crippen molar-refractivity contribution in [3.05, 3.63) is 0 Å². The Balaban J connectivity index is 2.34. The average molecular weight is 430 g/mol. The highest BCUT2D eigenvalue weighted by Crippen LogP contribution is 2.29. The monoisotopic (exact) mass is 430 g/mol. The lowest BCUT2D eigenvalue weighted by Crippen LogP contribution is -2.41. The summed E-state index contributed by atoms with van der Waals surface area (Å²) in [4.78, 5) is 45.5. The van der Waals surface area contributed by atoms with E-state index in [0.717, 1.165) is 25.7 Å². The van der Waals surface area contributed by atoms with E-state index in [0.29, 0.717) is 13.1 Å². The van der Waals surface area contributed by atoms with Gasteiger partial charge >= 0.3 is 24.1 Å². The van der Waals surface area contributed by atoms with Crippen molar-refractivity contribution >= 4 is 24.1 Å². The molecule has 0 spiro atoms. The second kappa shape index (κ2) is 13.7. The average Bonchev–Trinajstić information content (AvgIpc) is 2.68.